The monoisotopic (exact) mass is 299 g/mol. The minimum Gasteiger partial charge on any atom is -0.394 e. The van der Waals surface area contributed by atoms with Crippen LogP contribution in [0.5, 0.6) is 0 Å². The van der Waals surface area contributed by atoms with Gasteiger partial charge in [-0.25, -0.2) is 0 Å². The summed E-state index contributed by atoms with van der Waals surface area (Å²) in [5, 5.41) is 39.8. The molecule has 7 nitrogen and oxygen atoms in total. The van der Waals surface area contributed by atoms with Gasteiger partial charge in [-0.2, -0.15) is 5.06 Å². The Morgan fingerprint density at radius 2 is 1.76 bits per heavy atom. The number of nitrogens with zero attached hydrogens (tertiary/aromatic N) is 1. The number of likely N-dealkylation sites (N-methyl/N-ethyl adjacent to an activating group) is 1. The van der Waals surface area contributed by atoms with Gasteiger partial charge >= 0.3 is 0 Å². The Balaban J connectivity index is 1.95. The number of hydrogen-bond acceptors (Lipinski definition) is 7. The SMILES string of the molecule is CN(OCc1ccccc1)[C@@H]1O[C@H](CO)[C@@H](O)[C@H](O)[C@H]1O. The molecule has 1 heterocycles. The van der Waals surface area contributed by atoms with E-state index in [1.54, 1.807) is 7.05 Å². The molecule has 0 aliphatic carbocycles. The summed E-state index contributed by atoms with van der Waals surface area (Å²) < 4.78 is 5.37. The average Bonchev–Trinajstić information content (AvgIpc) is 2.52. The number of aliphatic hydroxyl groups is 4. The molecular weight excluding hydrogens is 278 g/mol. The molecular formula is C14H21NO6. The number of ether oxygens (including phenoxy) is 1. The molecule has 5 atom stereocenters. The summed E-state index contributed by atoms with van der Waals surface area (Å²) in [4.78, 5) is 5.49. The highest BCUT2D eigenvalue weighted by Crippen LogP contribution is 2.23. The van der Waals surface area contributed by atoms with Crippen LogP contribution in [0.1, 0.15) is 5.56 Å². The first-order valence-electron chi connectivity index (χ1n) is 6.74. The van der Waals surface area contributed by atoms with E-state index < -0.39 is 37.3 Å². The largest absolute Gasteiger partial charge is 0.394 e. The summed E-state index contributed by atoms with van der Waals surface area (Å²) in [7, 11) is 1.55. The maximum absolute atomic E-state index is 9.95. The van der Waals surface area contributed by atoms with Crippen molar-refractivity contribution in [3.05, 3.63) is 35.9 Å². The zero-order valence-corrected chi connectivity index (χ0v) is 11.7. The maximum Gasteiger partial charge on any atom is 0.161 e. The molecule has 1 aliphatic rings. The van der Waals surface area contributed by atoms with E-state index in [-0.39, 0.29) is 6.61 Å². The molecule has 7 heteroatoms. The molecule has 0 amide bonds. The molecule has 0 unspecified atom stereocenters. The molecule has 2 rings (SSSR count). The van der Waals surface area contributed by atoms with E-state index in [1.807, 2.05) is 30.3 Å². The van der Waals surface area contributed by atoms with E-state index in [0.717, 1.165) is 5.56 Å². The number of hydrogen-bond donors (Lipinski definition) is 4. The van der Waals surface area contributed by atoms with Crippen molar-refractivity contribution >= 4 is 0 Å². The van der Waals surface area contributed by atoms with Gasteiger partial charge in [0.25, 0.3) is 0 Å². The summed E-state index contributed by atoms with van der Waals surface area (Å²) in [6.07, 6.45) is -6.06. The lowest BCUT2D eigenvalue weighted by molar-refractivity contribution is -0.330. The Morgan fingerprint density at radius 3 is 2.38 bits per heavy atom. The van der Waals surface area contributed by atoms with Gasteiger partial charge in [0.2, 0.25) is 0 Å². The number of aliphatic hydroxyl groups excluding tert-OH is 4. The molecule has 1 aromatic rings. The fraction of sp³-hybridized carbons (Fsp3) is 0.571. The van der Waals surface area contributed by atoms with E-state index in [1.165, 1.54) is 5.06 Å². The first-order valence-corrected chi connectivity index (χ1v) is 6.74. The average molecular weight is 299 g/mol. The fourth-order valence-corrected chi connectivity index (χ4v) is 2.21. The van der Waals surface area contributed by atoms with E-state index >= 15 is 0 Å². The van der Waals surface area contributed by atoms with Gasteiger partial charge in [0.1, 0.15) is 24.4 Å². The van der Waals surface area contributed by atoms with Crippen LogP contribution >= 0.6 is 0 Å². The summed E-state index contributed by atoms with van der Waals surface area (Å²) in [5.41, 5.74) is 0.939. The second-order valence-electron chi connectivity index (χ2n) is 5.02. The van der Waals surface area contributed by atoms with Gasteiger partial charge in [0.15, 0.2) is 6.23 Å². The Bertz CT molecular complexity index is 429. The highest BCUT2D eigenvalue weighted by molar-refractivity contribution is 5.13. The Hall–Kier alpha value is -1.06. The predicted octanol–water partition coefficient (Wildman–Crippen LogP) is -1.15. The number of hydroxylamine groups is 2. The van der Waals surface area contributed by atoms with Crippen molar-refractivity contribution < 1.29 is 30.0 Å². The molecule has 118 valence electrons. The first kappa shape index (κ1) is 16.3. The van der Waals surface area contributed by atoms with Crippen LogP contribution in [0.25, 0.3) is 0 Å². The van der Waals surface area contributed by atoms with Gasteiger partial charge in [-0.1, -0.05) is 30.3 Å². The van der Waals surface area contributed by atoms with Gasteiger partial charge in [0.05, 0.1) is 13.2 Å². The topological polar surface area (TPSA) is 103 Å². The Labute approximate surface area is 122 Å². The van der Waals surface area contributed by atoms with Crippen molar-refractivity contribution in [1.29, 1.82) is 0 Å². The van der Waals surface area contributed by atoms with Crippen molar-refractivity contribution in [2.24, 2.45) is 0 Å². The zero-order chi connectivity index (χ0) is 15.4. The molecule has 1 saturated heterocycles. The van der Waals surface area contributed by atoms with Crippen molar-refractivity contribution in [3.63, 3.8) is 0 Å². The fourth-order valence-electron chi connectivity index (χ4n) is 2.21. The van der Waals surface area contributed by atoms with Gasteiger partial charge < -0.3 is 25.2 Å². The van der Waals surface area contributed by atoms with Crippen LogP contribution in [0.2, 0.25) is 0 Å². The van der Waals surface area contributed by atoms with Crippen molar-refractivity contribution in [3.8, 4) is 0 Å². The third-order valence-corrected chi connectivity index (χ3v) is 3.50. The van der Waals surface area contributed by atoms with Gasteiger partial charge in [-0.15, -0.1) is 0 Å². The molecule has 21 heavy (non-hydrogen) atoms. The number of rotatable bonds is 5. The van der Waals surface area contributed by atoms with Crippen LogP contribution in [0, 0.1) is 0 Å². The van der Waals surface area contributed by atoms with Crippen LogP contribution in [-0.2, 0) is 16.2 Å². The van der Waals surface area contributed by atoms with Crippen LogP contribution < -0.4 is 0 Å². The van der Waals surface area contributed by atoms with Gasteiger partial charge in [0, 0.05) is 7.05 Å². The van der Waals surface area contributed by atoms with E-state index in [9.17, 15) is 15.3 Å². The van der Waals surface area contributed by atoms with Crippen LogP contribution in [-0.4, -0.2) is 69.8 Å². The van der Waals surface area contributed by atoms with Crippen LogP contribution in [0.15, 0.2) is 30.3 Å². The van der Waals surface area contributed by atoms with E-state index in [4.69, 9.17) is 14.7 Å². The van der Waals surface area contributed by atoms with Crippen molar-refractivity contribution in [1.82, 2.24) is 5.06 Å². The third-order valence-electron chi connectivity index (χ3n) is 3.50. The zero-order valence-electron chi connectivity index (χ0n) is 11.7. The molecule has 0 bridgehead atoms. The highest BCUT2D eigenvalue weighted by Gasteiger charge is 2.45. The summed E-state index contributed by atoms with van der Waals surface area (Å²) in [5.74, 6) is 0. The normalized spacial score (nSPS) is 33.3. The minimum atomic E-state index is -1.41. The quantitative estimate of drug-likeness (QED) is 0.509. The molecule has 1 fully saturated rings. The van der Waals surface area contributed by atoms with Gasteiger partial charge in [-0.05, 0) is 5.56 Å². The molecule has 1 aliphatic heterocycles. The molecule has 0 spiro atoms. The molecule has 0 aromatic heterocycles. The second kappa shape index (κ2) is 7.28. The Morgan fingerprint density at radius 1 is 1.10 bits per heavy atom. The maximum atomic E-state index is 9.95. The third kappa shape index (κ3) is 3.78. The molecule has 1 aromatic carbocycles. The first-order chi connectivity index (χ1) is 10.0. The second-order valence-corrected chi connectivity index (χ2v) is 5.02. The highest BCUT2D eigenvalue weighted by atomic mass is 16.7. The minimum absolute atomic E-state index is 0.270. The smallest absolute Gasteiger partial charge is 0.161 e. The van der Waals surface area contributed by atoms with Crippen molar-refractivity contribution in [2.45, 2.75) is 37.3 Å². The summed E-state index contributed by atoms with van der Waals surface area (Å²) in [6.45, 7) is -0.194. The number of benzene rings is 1. The van der Waals surface area contributed by atoms with Crippen LogP contribution in [0.4, 0.5) is 0 Å². The lowest BCUT2D eigenvalue weighted by Crippen LogP contribution is -2.62. The summed E-state index contributed by atoms with van der Waals surface area (Å²) >= 11 is 0. The van der Waals surface area contributed by atoms with E-state index in [0.29, 0.717) is 0 Å². The van der Waals surface area contributed by atoms with Crippen LogP contribution in [0.3, 0.4) is 0 Å². The lowest BCUT2D eigenvalue weighted by Gasteiger charge is -2.42. The standard InChI is InChI=1S/C14H21NO6/c1-15(20-8-9-5-3-2-4-6-9)14-13(19)12(18)11(17)10(7-16)21-14/h2-6,10-14,16-19H,7-8H2,1H3/t10-,11-,12+,13-,14-/m1/s1. The Kier molecular flexibility index (Phi) is 5.65. The van der Waals surface area contributed by atoms with E-state index in [2.05, 4.69) is 0 Å². The predicted molar refractivity (Wildman–Crippen MR) is 72.8 cm³/mol. The molecule has 0 saturated carbocycles. The van der Waals surface area contributed by atoms with Crippen molar-refractivity contribution in [2.75, 3.05) is 13.7 Å². The van der Waals surface area contributed by atoms with Gasteiger partial charge in [-0.3, -0.25) is 4.84 Å². The summed E-state index contributed by atoms with van der Waals surface area (Å²) in [6, 6.07) is 9.44. The lowest BCUT2D eigenvalue weighted by atomic mass is 9.98. The molecule has 4 N–H and O–H groups in total. The molecule has 0 radical (unpaired) electrons.